The minimum atomic E-state index is -0.559. The van der Waals surface area contributed by atoms with Gasteiger partial charge in [0, 0.05) is 31.3 Å². The number of carbonyl (C=O) groups excluding carboxylic acids is 2. The van der Waals surface area contributed by atoms with Gasteiger partial charge in [0.1, 0.15) is 11.4 Å². The summed E-state index contributed by atoms with van der Waals surface area (Å²) in [6.45, 7) is 6.72. The van der Waals surface area contributed by atoms with E-state index in [9.17, 15) is 9.59 Å². The van der Waals surface area contributed by atoms with Crippen molar-refractivity contribution in [3.8, 4) is 17.2 Å². The molecule has 1 aromatic rings. The quantitative estimate of drug-likeness (QED) is 0.779. The molecule has 8 nitrogen and oxygen atoms in total. The Bertz CT molecular complexity index is 729. The average molecular weight is 408 g/mol. The molecule has 1 aliphatic rings. The highest BCUT2D eigenvalue weighted by Gasteiger charge is 2.31. The highest BCUT2D eigenvalue weighted by atomic mass is 16.6. The van der Waals surface area contributed by atoms with Gasteiger partial charge in [-0.2, -0.15) is 0 Å². The van der Waals surface area contributed by atoms with Crippen molar-refractivity contribution in [2.45, 2.75) is 45.8 Å². The molecule has 0 spiro atoms. The first-order valence-electron chi connectivity index (χ1n) is 9.73. The van der Waals surface area contributed by atoms with Gasteiger partial charge in [-0.3, -0.25) is 4.79 Å². The van der Waals surface area contributed by atoms with Gasteiger partial charge in [0.25, 0.3) is 0 Å². The topological polar surface area (TPSA) is 86.3 Å². The van der Waals surface area contributed by atoms with Crippen LogP contribution in [0.15, 0.2) is 12.1 Å². The van der Waals surface area contributed by atoms with Crippen LogP contribution in [0.4, 0.5) is 4.79 Å². The molecule has 1 fully saturated rings. The maximum Gasteiger partial charge on any atom is 0.410 e. The number of amides is 2. The predicted octanol–water partition coefficient (Wildman–Crippen LogP) is 2.98. The van der Waals surface area contributed by atoms with Crippen LogP contribution in [0.1, 0.15) is 39.2 Å². The van der Waals surface area contributed by atoms with Crippen molar-refractivity contribution in [2.24, 2.45) is 5.92 Å². The van der Waals surface area contributed by atoms with Crippen molar-refractivity contribution in [2.75, 3.05) is 34.4 Å². The van der Waals surface area contributed by atoms with E-state index in [2.05, 4.69) is 5.32 Å². The van der Waals surface area contributed by atoms with Gasteiger partial charge in [-0.05, 0) is 39.7 Å². The van der Waals surface area contributed by atoms with E-state index in [4.69, 9.17) is 18.9 Å². The van der Waals surface area contributed by atoms with Gasteiger partial charge in [-0.15, -0.1) is 0 Å². The van der Waals surface area contributed by atoms with Gasteiger partial charge in [0.05, 0.1) is 27.2 Å². The van der Waals surface area contributed by atoms with Crippen LogP contribution in [-0.2, 0) is 16.1 Å². The van der Waals surface area contributed by atoms with Gasteiger partial charge in [0.15, 0.2) is 11.5 Å². The normalized spacial score (nSPS) is 16.8. The lowest BCUT2D eigenvalue weighted by Gasteiger charge is -2.33. The van der Waals surface area contributed by atoms with Crippen molar-refractivity contribution >= 4 is 12.0 Å². The fourth-order valence-corrected chi connectivity index (χ4v) is 3.24. The number of rotatable bonds is 6. The number of likely N-dealkylation sites (tertiary alicyclic amines) is 1. The Balaban J connectivity index is 2.01. The summed E-state index contributed by atoms with van der Waals surface area (Å²) in [5.41, 5.74) is 0.217. The molecule has 2 amide bonds. The Hall–Kier alpha value is -2.64. The minimum absolute atomic E-state index is 0.102. The zero-order chi connectivity index (χ0) is 21.6. The van der Waals surface area contributed by atoms with Crippen LogP contribution < -0.4 is 19.5 Å². The largest absolute Gasteiger partial charge is 0.496 e. The third-order valence-electron chi connectivity index (χ3n) is 4.68. The lowest BCUT2D eigenvalue weighted by Crippen LogP contribution is -2.46. The summed E-state index contributed by atoms with van der Waals surface area (Å²) < 4.78 is 21.4. The number of methoxy groups -OCH3 is 3. The van der Waals surface area contributed by atoms with E-state index in [-0.39, 0.29) is 24.5 Å². The van der Waals surface area contributed by atoms with Crippen molar-refractivity contribution in [3.05, 3.63) is 17.7 Å². The second-order valence-corrected chi connectivity index (χ2v) is 8.00. The van der Waals surface area contributed by atoms with Gasteiger partial charge >= 0.3 is 6.09 Å². The summed E-state index contributed by atoms with van der Waals surface area (Å²) in [6, 6.07) is 3.51. The third kappa shape index (κ3) is 6.17. The Kier molecular flexibility index (Phi) is 7.59. The first kappa shape index (κ1) is 22.6. The number of benzene rings is 1. The SMILES string of the molecule is COc1cc(OC)c(OC)cc1CNC(=O)[C@@H]1CCCN(C(=O)OC(C)(C)C)C1. The van der Waals surface area contributed by atoms with E-state index in [1.165, 1.54) is 0 Å². The monoisotopic (exact) mass is 408 g/mol. The smallest absolute Gasteiger partial charge is 0.410 e. The van der Waals surface area contributed by atoms with E-state index >= 15 is 0 Å². The van der Waals surface area contributed by atoms with E-state index in [1.807, 2.05) is 20.8 Å². The fourth-order valence-electron chi connectivity index (χ4n) is 3.24. The molecule has 0 bridgehead atoms. The standard InChI is InChI=1S/C21H32N2O6/c1-21(2,3)29-20(25)23-9-7-8-14(13-23)19(24)22-12-15-10-17(27-5)18(28-6)11-16(15)26-4/h10-11,14H,7-9,12-13H2,1-6H3,(H,22,24)/t14-/m1/s1. The predicted molar refractivity (Wildman–Crippen MR) is 108 cm³/mol. The van der Waals surface area contributed by atoms with Gasteiger partial charge < -0.3 is 29.2 Å². The van der Waals surface area contributed by atoms with Crippen LogP contribution in [0.2, 0.25) is 0 Å². The molecule has 0 saturated carbocycles. The molecule has 0 unspecified atom stereocenters. The lowest BCUT2D eigenvalue weighted by atomic mass is 9.97. The maximum atomic E-state index is 12.7. The Morgan fingerprint density at radius 3 is 2.28 bits per heavy atom. The molecule has 0 radical (unpaired) electrons. The van der Waals surface area contributed by atoms with Crippen molar-refractivity contribution < 1.29 is 28.5 Å². The van der Waals surface area contributed by atoms with Crippen molar-refractivity contribution in [1.82, 2.24) is 10.2 Å². The number of hydrogen-bond donors (Lipinski definition) is 1. The zero-order valence-electron chi connectivity index (χ0n) is 18.2. The first-order chi connectivity index (χ1) is 13.7. The van der Waals surface area contributed by atoms with Crippen LogP contribution in [0.5, 0.6) is 17.2 Å². The van der Waals surface area contributed by atoms with E-state index in [1.54, 1.807) is 38.4 Å². The van der Waals surface area contributed by atoms with Gasteiger partial charge in [0.2, 0.25) is 5.91 Å². The Morgan fingerprint density at radius 1 is 1.07 bits per heavy atom. The lowest BCUT2D eigenvalue weighted by molar-refractivity contribution is -0.126. The highest BCUT2D eigenvalue weighted by Crippen LogP contribution is 2.34. The average Bonchev–Trinajstić information content (AvgIpc) is 2.70. The van der Waals surface area contributed by atoms with Crippen LogP contribution in [-0.4, -0.2) is 56.9 Å². The summed E-state index contributed by atoms with van der Waals surface area (Å²) in [5, 5.41) is 2.95. The molecule has 0 aromatic heterocycles. The molecule has 8 heteroatoms. The summed E-state index contributed by atoms with van der Waals surface area (Å²) >= 11 is 0. The number of ether oxygens (including phenoxy) is 4. The number of nitrogens with zero attached hydrogens (tertiary/aromatic N) is 1. The molecule has 1 aliphatic heterocycles. The summed E-state index contributed by atoms with van der Waals surface area (Å²) in [4.78, 5) is 26.6. The van der Waals surface area contributed by atoms with Crippen molar-refractivity contribution in [3.63, 3.8) is 0 Å². The molecule has 0 aliphatic carbocycles. The molecular weight excluding hydrogens is 376 g/mol. The third-order valence-corrected chi connectivity index (χ3v) is 4.68. The zero-order valence-corrected chi connectivity index (χ0v) is 18.2. The molecule has 162 valence electrons. The summed E-state index contributed by atoms with van der Waals surface area (Å²) in [6.07, 6.45) is 1.11. The van der Waals surface area contributed by atoms with Crippen LogP contribution in [0, 0.1) is 5.92 Å². The Morgan fingerprint density at radius 2 is 1.69 bits per heavy atom. The molecular formula is C21H32N2O6. The van der Waals surface area contributed by atoms with Gasteiger partial charge in [-0.1, -0.05) is 0 Å². The fraction of sp³-hybridized carbons (Fsp3) is 0.619. The number of hydrogen-bond acceptors (Lipinski definition) is 6. The molecule has 1 saturated heterocycles. The molecule has 2 rings (SSSR count). The minimum Gasteiger partial charge on any atom is -0.496 e. The molecule has 1 atom stereocenters. The summed E-state index contributed by atoms with van der Waals surface area (Å²) in [5.74, 6) is 1.34. The first-order valence-corrected chi connectivity index (χ1v) is 9.73. The van der Waals surface area contributed by atoms with E-state index in [0.29, 0.717) is 30.3 Å². The Labute approximate surface area is 172 Å². The number of carbonyl (C=O) groups is 2. The van der Waals surface area contributed by atoms with E-state index < -0.39 is 5.60 Å². The summed E-state index contributed by atoms with van der Waals surface area (Å²) in [7, 11) is 4.67. The van der Waals surface area contributed by atoms with E-state index in [0.717, 1.165) is 18.4 Å². The maximum absolute atomic E-state index is 12.7. The van der Waals surface area contributed by atoms with Crippen molar-refractivity contribution in [1.29, 1.82) is 0 Å². The highest BCUT2D eigenvalue weighted by molar-refractivity contribution is 5.80. The molecule has 1 heterocycles. The van der Waals surface area contributed by atoms with Crippen LogP contribution in [0.3, 0.4) is 0 Å². The molecule has 29 heavy (non-hydrogen) atoms. The second-order valence-electron chi connectivity index (χ2n) is 8.00. The number of piperidine rings is 1. The number of nitrogens with one attached hydrogen (secondary N) is 1. The van der Waals surface area contributed by atoms with Crippen LogP contribution in [0.25, 0.3) is 0 Å². The van der Waals surface area contributed by atoms with Crippen LogP contribution >= 0.6 is 0 Å². The second kappa shape index (κ2) is 9.71. The molecule has 1 aromatic carbocycles. The molecule has 1 N–H and O–H groups in total. The van der Waals surface area contributed by atoms with Gasteiger partial charge in [-0.25, -0.2) is 4.79 Å².